The molecule has 4 rings (SSSR count). The van der Waals surface area contributed by atoms with Crippen molar-refractivity contribution in [3.63, 3.8) is 0 Å². The third-order valence-electron chi connectivity index (χ3n) is 5.22. The van der Waals surface area contributed by atoms with E-state index in [1.807, 2.05) is 0 Å². The molecular weight excluding hydrogens is 433 g/mol. The number of rotatable bonds is 6. The maximum atomic E-state index is 13.0. The predicted octanol–water partition coefficient (Wildman–Crippen LogP) is 3.79. The second-order valence-corrected chi connectivity index (χ2v) is 9.47. The molecule has 8 heteroatoms. The van der Waals surface area contributed by atoms with Crippen LogP contribution < -0.4 is 5.32 Å². The van der Waals surface area contributed by atoms with Gasteiger partial charge >= 0.3 is 0 Å². The highest BCUT2D eigenvalue weighted by molar-refractivity contribution is 7.91. The fourth-order valence-electron chi connectivity index (χ4n) is 3.64. The van der Waals surface area contributed by atoms with Crippen LogP contribution in [0.15, 0.2) is 71.6 Å². The van der Waals surface area contributed by atoms with Crippen LogP contribution in [-0.4, -0.2) is 31.6 Å². The van der Waals surface area contributed by atoms with Gasteiger partial charge in [0.1, 0.15) is 5.82 Å². The van der Waals surface area contributed by atoms with Crippen LogP contribution in [0.4, 0.5) is 10.1 Å². The zero-order valence-corrected chi connectivity index (χ0v) is 17.6. The summed E-state index contributed by atoms with van der Waals surface area (Å²) in [4.78, 5) is 38.2. The van der Waals surface area contributed by atoms with Crippen LogP contribution in [0.25, 0.3) is 0 Å². The summed E-state index contributed by atoms with van der Waals surface area (Å²) in [5, 5.41) is 2.63. The summed E-state index contributed by atoms with van der Waals surface area (Å²) in [6.45, 7) is 0. The van der Waals surface area contributed by atoms with Gasteiger partial charge in [0.25, 0.3) is 0 Å². The van der Waals surface area contributed by atoms with Crippen molar-refractivity contribution in [1.82, 2.24) is 0 Å². The average Bonchev–Trinajstić information content (AvgIpc) is 2.77. The summed E-state index contributed by atoms with van der Waals surface area (Å²) in [7, 11) is -3.65. The lowest BCUT2D eigenvalue weighted by atomic mass is 9.83. The van der Waals surface area contributed by atoms with Gasteiger partial charge < -0.3 is 5.32 Å². The lowest BCUT2D eigenvalue weighted by molar-refractivity contribution is -0.116. The SMILES string of the molecule is O=C(CCCS(=O)(=O)c1ccc(F)cc1)Nc1cccc2c1C(=O)c1ccccc1C2=O. The van der Waals surface area contributed by atoms with E-state index < -0.39 is 21.6 Å². The number of fused-ring (bicyclic) bond motifs is 2. The standard InChI is InChI=1S/C24H18FNO5S/c25-15-10-12-16(13-11-15)32(30,31)14-4-9-21(27)26-20-8-3-7-19-22(20)24(29)18-6-2-1-5-17(18)23(19)28/h1-3,5-8,10-13H,4,9,14H2,(H,26,27). The molecule has 6 nitrogen and oxygen atoms in total. The van der Waals surface area contributed by atoms with Crippen molar-refractivity contribution < 1.29 is 27.2 Å². The number of anilines is 1. The first kappa shape index (κ1) is 21.6. The summed E-state index contributed by atoms with van der Waals surface area (Å²) >= 11 is 0. The maximum Gasteiger partial charge on any atom is 0.224 e. The summed E-state index contributed by atoms with van der Waals surface area (Å²) < 4.78 is 37.7. The molecule has 162 valence electrons. The number of sulfone groups is 1. The fourth-order valence-corrected chi connectivity index (χ4v) is 4.96. The maximum absolute atomic E-state index is 13.0. The second-order valence-electron chi connectivity index (χ2n) is 7.36. The molecule has 1 aliphatic carbocycles. The molecule has 0 heterocycles. The molecule has 0 saturated carbocycles. The first-order valence-corrected chi connectivity index (χ1v) is 11.5. The van der Waals surface area contributed by atoms with Crippen LogP contribution in [0.2, 0.25) is 0 Å². The van der Waals surface area contributed by atoms with Crippen LogP contribution in [-0.2, 0) is 14.6 Å². The number of hydrogen-bond acceptors (Lipinski definition) is 5. The van der Waals surface area contributed by atoms with Crippen molar-refractivity contribution >= 4 is 33.0 Å². The zero-order chi connectivity index (χ0) is 22.9. The molecule has 1 aliphatic rings. The van der Waals surface area contributed by atoms with Crippen molar-refractivity contribution in [2.24, 2.45) is 0 Å². The van der Waals surface area contributed by atoms with Crippen LogP contribution >= 0.6 is 0 Å². The number of ketones is 2. The summed E-state index contributed by atoms with van der Waals surface area (Å²) in [6.07, 6.45) is -0.0703. The largest absolute Gasteiger partial charge is 0.325 e. The average molecular weight is 451 g/mol. The Balaban J connectivity index is 1.46. The summed E-state index contributed by atoms with van der Waals surface area (Å²) in [5.41, 5.74) is 1.15. The quantitative estimate of drug-likeness (QED) is 0.450. The first-order chi connectivity index (χ1) is 15.3. The van der Waals surface area contributed by atoms with Crippen LogP contribution in [0.1, 0.15) is 44.7 Å². The molecule has 3 aromatic carbocycles. The van der Waals surface area contributed by atoms with Crippen molar-refractivity contribution in [1.29, 1.82) is 0 Å². The third kappa shape index (κ3) is 4.09. The lowest BCUT2D eigenvalue weighted by Crippen LogP contribution is -2.24. The molecule has 0 saturated heterocycles. The molecule has 32 heavy (non-hydrogen) atoms. The Bertz CT molecular complexity index is 1350. The Morgan fingerprint density at radius 2 is 1.44 bits per heavy atom. The number of nitrogens with one attached hydrogen (secondary N) is 1. The number of carbonyl (C=O) groups is 3. The number of amides is 1. The topological polar surface area (TPSA) is 97.4 Å². The minimum atomic E-state index is -3.65. The molecule has 0 fully saturated rings. The smallest absolute Gasteiger partial charge is 0.224 e. The Morgan fingerprint density at radius 3 is 2.12 bits per heavy atom. The molecule has 0 aliphatic heterocycles. The molecule has 1 amide bonds. The molecule has 1 N–H and O–H groups in total. The number of hydrogen-bond donors (Lipinski definition) is 1. The minimum Gasteiger partial charge on any atom is -0.325 e. The van der Waals surface area contributed by atoms with Crippen LogP contribution in [0.5, 0.6) is 0 Å². The van der Waals surface area contributed by atoms with E-state index in [0.717, 1.165) is 12.1 Å². The van der Waals surface area contributed by atoms with E-state index >= 15 is 0 Å². The second kappa shape index (κ2) is 8.47. The molecule has 0 aromatic heterocycles. The highest BCUT2D eigenvalue weighted by atomic mass is 32.2. The molecule has 0 bridgehead atoms. The van der Waals surface area contributed by atoms with E-state index in [4.69, 9.17) is 0 Å². The number of halogens is 1. The highest BCUT2D eigenvalue weighted by Gasteiger charge is 2.31. The predicted molar refractivity (Wildman–Crippen MR) is 116 cm³/mol. The molecule has 0 spiro atoms. The lowest BCUT2D eigenvalue weighted by Gasteiger charge is -2.20. The number of benzene rings is 3. The van der Waals surface area contributed by atoms with E-state index in [1.165, 1.54) is 24.3 Å². The molecule has 3 aromatic rings. The van der Waals surface area contributed by atoms with E-state index in [9.17, 15) is 27.2 Å². The van der Waals surface area contributed by atoms with Crippen molar-refractivity contribution in [3.8, 4) is 0 Å². The van der Waals surface area contributed by atoms with Crippen LogP contribution in [0.3, 0.4) is 0 Å². The summed E-state index contributed by atoms with van der Waals surface area (Å²) in [5.74, 6) is -1.96. The van der Waals surface area contributed by atoms with Crippen molar-refractivity contribution in [2.45, 2.75) is 17.7 Å². The summed E-state index contributed by atoms with van der Waals surface area (Å²) in [6, 6.07) is 15.6. The van der Waals surface area contributed by atoms with Gasteiger partial charge in [-0.25, -0.2) is 12.8 Å². The molecule has 0 unspecified atom stereocenters. The minimum absolute atomic E-state index is 0.0146. The van der Waals surface area contributed by atoms with Gasteiger partial charge in [-0.15, -0.1) is 0 Å². The Labute approximate surface area is 184 Å². The van der Waals surface area contributed by atoms with Gasteiger partial charge in [0.2, 0.25) is 5.91 Å². The van der Waals surface area contributed by atoms with Gasteiger partial charge in [0, 0.05) is 23.1 Å². The van der Waals surface area contributed by atoms with E-state index in [0.29, 0.717) is 5.56 Å². The Kier molecular flexibility index (Phi) is 5.71. The van der Waals surface area contributed by atoms with E-state index in [-0.39, 0.29) is 57.4 Å². The van der Waals surface area contributed by atoms with Gasteiger partial charge in [0.15, 0.2) is 21.4 Å². The zero-order valence-electron chi connectivity index (χ0n) is 16.8. The highest BCUT2D eigenvalue weighted by Crippen LogP contribution is 2.32. The first-order valence-electron chi connectivity index (χ1n) is 9.87. The van der Waals surface area contributed by atoms with E-state index in [2.05, 4.69) is 5.32 Å². The Hall–Kier alpha value is -3.65. The molecule has 0 atom stereocenters. The van der Waals surface area contributed by atoms with Gasteiger partial charge in [-0.1, -0.05) is 36.4 Å². The monoisotopic (exact) mass is 451 g/mol. The number of carbonyl (C=O) groups excluding carboxylic acids is 3. The normalized spacial score (nSPS) is 12.8. The van der Waals surface area contributed by atoms with Gasteiger partial charge in [0.05, 0.1) is 21.9 Å². The van der Waals surface area contributed by atoms with Gasteiger partial charge in [-0.05, 0) is 36.8 Å². The third-order valence-corrected chi connectivity index (χ3v) is 7.03. The molecular formula is C24H18FNO5S. The van der Waals surface area contributed by atoms with Gasteiger partial charge in [-0.2, -0.15) is 0 Å². The van der Waals surface area contributed by atoms with Crippen LogP contribution in [0, 0.1) is 5.82 Å². The Morgan fingerprint density at radius 1 is 0.812 bits per heavy atom. The van der Waals surface area contributed by atoms with E-state index in [1.54, 1.807) is 30.3 Å². The van der Waals surface area contributed by atoms with Crippen molar-refractivity contribution in [3.05, 3.63) is 94.8 Å². The van der Waals surface area contributed by atoms with Gasteiger partial charge in [-0.3, -0.25) is 14.4 Å². The molecule has 0 radical (unpaired) electrons. The fraction of sp³-hybridized carbons (Fsp3) is 0.125. The van der Waals surface area contributed by atoms with Crippen molar-refractivity contribution in [2.75, 3.05) is 11.1 Å².